The largest absolute Gasteiger partial charge is 0.497 e. The van der Waals surface area contributed by atoms with Crippen molar-refractivity contribution in [3.05, 3.63) is 94.5 Å². The number of carbonyl (C=O) groups excluding carboxylic acids is 1. The fraction of sp³-hybridized carbons (Fsp3) is 0.259. The molecular weight excluding hydrogens is 450 g/mol. The van der Waals surface area contributed by atoms with Gasteiger partial charge in [-0.3, -0.25) is 9.69 Å². The highest BCUT2D eigenvalue weighted by Crippen LogP contribution is 2.40. The molecule has 0 unspecified atom stereocenters. The molecule has 1 atom stereocenters. The van der Waals surface area contributed by atoms with E-state index in [9.17, 15) is 4.79 Å². The highest BCUT2D eigenvalue weighted by Gasteiger charge is 2.35. The predicted molar refractivity (Wildman–Crippen MR) is 135 cm³/mol. The smallest absolute Gasteiger partial charge is 0.257 e. The van der Waals surface area contributed by atoms with Gasteiger partial charge in [-0.2, -0.15) is 5.10 Å². The van der Waals surface area contributed by atoms with Gasteiger partial charge in [0.25, 0.3) is 5.91 Å². The first-order valence-corrected chi connectivity index (χ1v) is 11.5. The van der Waals surface area contributed by atoms with Crippen molar-refractivity contribution in [2.75, 3.05) is 27.8 Å². The summed E-state index contributed by atoms with van der Waals surface area (Å²) in [6.07, 6.45) is 0.515. The maximum absolute atomic E-state index is 13.5. The van der Waals surface area contributed by atoms with Crippen LogP contribution in [0.15, 0.2) is 77.9 Å². The molecule has 0 N–H and O–H groups in total. The molecule has 3 aromatic rings. The molecule has 0 saturated heterocycles. The van der Waals surface area contributed by atoms with Crippen molar-refractivity contribution in [1.82, 2.24) is 9.91 Å². The van der Waals surface area contributed by atoms with Gasteiger partial charge in [0.2, 0.25) is 0 Å². The number of benzene rings is 3. The molecule has 176 valence electrons. The lowest BCUT2D eigenvalue weighted by Crippen LogP contribution is -2.36. The van der Waals surface area contributed by atoms with E-state index in [1.807, 2.05) is 72.6 Å². The number of hydrazone groups is 1. The van der Waals surface area contributed by atoms with Gasteiger partial charge in [0.15, 0.2) is 0 Å². The Labute approximate surface area is 205 Å². The number of amides is 1. The van der Waals surface area contributed by atoms with Gasteiger partial charge >= 0.3 is 0 Å². The molecule has 0 bridgehead atoms. The molecule has 0 aromatic heterocycles. The zero-order valence-corrected chi connectivity index (χ0v) is 20.3. The second-order valence-corrected chi connectivity index (χ2v) is 8.66. The molecule has 34 heavy (non-hydrogen) atoms. The normalized spacial score (nSPS) is 15.4. The van der Waals surface area contributed by atoms with Gasteiger partial charge in [0, 0.05) is 29.1 Å². The van der Waals surface area contributed by atoms with Crippen LogP contribution in [0, 0.1) is 0 Å². The number of ether oxygens (including phenoxy) is 2. The quantitative estimate of drug-likeness (QED) is 0.449. The van der Waals surface area contributed by atoms with Gasteiger partial charge in [-0.25, -0.2) is 5.01 Å². The lowest BCUT2D eigenvalue weighted by molar-refractivity contribution is -0.134. The molecule has 3 aromatic carbocycles. The van der Waals surface area contributed by atoms with E-state index in [1.54, 1.807) is 19.2 Å². The number of rotatable bonds is 8. The number of carbonyl (C=O) groups is 1. The van der Waals surface area contributed by atoms with Crippen LogP contribution in [0.3, 0.4) is 0 Å². The van der Waals surface area contributed by atoms with E-state index in [1.165, 1.54) is 0 Å². The summed E-state index contributed by atoms with van der Waals surface area (Å²) < 4.78 is 11.1. The second-order valence-electron chi connectivity index (χ2n) is 8.25. The van der Waals surface area contributed by atoms with Crippen LogP contribution in [-0.4, -0.2) is 49.3 Å². The Morgan fingerprint density at radius 3 is 2.50 bits per heavy atom. The summed E-state index contributed by atoms with van der Waals surface area (Å²) in [7, 11) is 5.17. The Morgan fingerprint density at radius 1 is 1.06 bits per heavy atom. The fourth-order valence-electron chi connectivity index (χ4n) is 4.19. The highest BCUT2D eigenvalue weighted by atomic mass is 35.5. The van der Waals surface area contributed by atoms with Gasteiger partial charge < -0.3 is 9.47 Å². The van der Waals surface area contributed by atoms with Gasteiger partial charge in [-0.05, 0) is 36.9 Å². The number of nitrogens with zero attached hydrogens (tertiary/aromatic N) is 3. The minimum Gasteiger partial charge on any atom is -0.497 e. The average molecular weight is 478 g/mol. The summed E-state index contributed by atoms with van der Waals surface area (Å²) in [5.41, 5.74) is 3.57. The van der Waals surface area contributed by atoms with E-state index in [0.717, 1.165) is 22.4 Å². The molecule has 0 aliphatic carbocycles. The van der Waals surface area contributed by atoms with Gasteiger partial charge in [0.1, 0.15) is 11.5 Å². The Bertz CT molecular complexity index is 1180. The fourth-order valence-corrected chi connectivity index (χ4v) is 4.44. The first-order valence-electron chi connectivity index (χ1n) is 11.1. The number of likely N-dealkylation sites (N-methyl/N-ethyl adjacent to an activating group) is 1. The van der Waals surface area contributed by atoms with Gasteiger partial charge in [-0.15, -0.1) is 0 Å². The summed E-state index contributed by atoms with van der Waals surface area (Å²) in [6.45, 7) is 0.881. The lowest BCUT2D eigenvalue weighted by Gasteiger charge is -2.26. The predicted octanol–water partition coefficient (Wildman–Crippen LogP) is 5.17. The molecule has 0 spiro atoms. The third kappa shape index (κ3) is 5.24. The summed E-state index contributed by atoms with van der Waals surface area (Å²) in [6, 6.07) is 22.9. The molecule has 1 amide bonds. The van der Waals surface area contributed by atoms with E-state index >= 15 is 0 Å². The summed E-state index contributed by atoms with van der Waals surface area (Å²) in [5, 5.41) is 6.93. The third-order valence-corrected chi connectivity index (χ3v) is 6.18. The first-order chi connectivity index (χ1) is 16.5. The Morgan fingerprint density at radius 2 is 1.79 bits per heavy atom. The van der Waals surface area contributed by atoms with Crippen molar-refractivity contribution in [2.45, 2.75) is 19.0 Å². The van der Waals surface area contributed by atoms with Crippen LogP contribution in [0.5, 0.6) is 11.5 Å². The Kier molecular flexibility index (Phi) is 7.50. The van der Waals surface area contributed by atoms with Crippen LogP contribution >= 0.6 is 11.6 Å². The topological polar surface area (TPSA) is 54.4 Å². The minimum atomic E-state index is -0.339. The van der Waals surface area contributed by atoms with E-state index in [2.05, 4.69) is 12.1 Å². The molecular formula is C27H28ClN3O3. The van der Waals surface area contributed by atoms with Crippen molar-refractivity contribution in [2.24, 2.45) is 5.10 Å². The van der Waals surface area contributed by atoms with Crippen LogP contribution in [0.1, 0.15) is 29.2 Å². The monoisotopic (exact) mass is 477 g/mol. The van der Waals surface area contributed by atoms with E-state index in [-0.39, 0.29) is 18.5 Å². The summed E-state index contributed by atoms with van der Waals surface area (Å²) >= 11 is 6.47. The maximum atomic E-state index is 13.5. The summed E-state index contributed by atoms with van der Waals surface area (Å²) in [4.78, 5) is 15.5. The van der Waals surface area contributed by atoms with Crippen molar-refractivity contribution < 1.29 is 14.3 Å². The summed E-state index contributed by atoms with van der Waals surface area (Å²) in [5.74, 6) is 1.27. The Balaban J connectivity index is 1.65. The van der Waals surface area contributed by atoms with Gasteiger partial charge in [-0.1, -0.05) is 60.1 Å². The minimum absolute atomic E-state index is 0.102. The molecule has 0 radical (unpaired) electrons. The number of hydrogen-bond acceptors (Lipinski definition) is 5. The number of hydrogen-bond donors (Lipinski definition) is 0. The molecule has 7 heteroatoms. The standard InChI is InChI=1S/C27H28ClN3O3/c1-30(17-19-9-5-4-6-10-19)18-27(32)31-25(22-15-20(33-2)13-14-26(22)34-3)16-24(29-31)21-11-7-8-12-23(21)28/h4-15,25H,16-18H2,1-3H3/t25-/m1/s1. The molecule has 1 aliphatic rings. The van der Waals surface area contributed by atoms with E-state index in [4.69, 9.17) is 26.2 Å². The molecule has 1 heterocycles. The van der Waals surface area contributed by atoms with Crippen LogP contribution in [0.2, 0.25) is 5.02 Å². The molecule has 1 aliphatic heterocycles. The van der Waals surface area contributed by atoms with Crippen LogP contribution < -0.4 is 9.47 Å². The molecule has 4 rings (SSSR count). The van der Waals surface area contributed by atoms with Gasteiger partial charge in [0.05, 0.1) is 32.5 Å². The number of methoxy groups -OCH3 is 2. The third-order valence-electron chi connectivity index (χ3n) is 5.85. The van der Waals surface area contributed by atoms with Crippen molar-refractivity contribution in [3.8, 4) is 11.5 Å². The SMILES string of the molecule is COc1ccc(OC)c([C@H]2CC(c3ccccc3Cl)=NN2C(=O)CN(C)Cc2ccccc2)c1. The van der Waals surface area contributed by atoms with Crippen LogP contribution in [0.4, 0.5) is 0 Å². The zero-order chi connectivity index (χ0) is 24.1. The van der Waals surface area contributed by atoms with Crippen molar-refractivity contribution in [3.63, 3.8) is 0 Å². The van der Waals surface area contributed by atoms with E-state index < -0.39 is 0 Å². The zero-order valence-electron chi connectivity index (χ0n) is 19.6. The lowest BCUT2D eigenvalue weighted by atomic mass is 9.97. The molecule has 6 nitrogen and oxygen atoms in total. The van der Waals surface area contributed by atoms with Crippen molar-refractivity contribution in [1.29, 1.82) is 0 Å². The van der Waals surface area contributed by atoms with Crippen molar-refractivity contribution >= 4 is 23.2 Å². The average Bonchev–Trinajstić information content (AvgIpc) is 3.29. The van der Waals surface area contributed by atoms with Crippen LogP contribution in [0.25, 0.3) is 0 Å². The van der Waals surface area contributed by atoms with Crippen LogP contribution in [-0.2, 0) is 11.3 Å². The number of halogens is 1. The first kappa shape index (κ1) is 23.8. The molecule has 0 fully saturated rings. The Hall–Kier alpha value is -3.35. The van der Waals surface area contributed by atoms with E-state index in [0.29, 0.717) is 29.5 Å². The highest BCUT2D eigenvalue weighted by molar-refractivity contribution is 6.34. The maximum Gasteiger partial charge on any atom is 0.257 e. The molecule has 0 saturated carbocycles. The second kappa shape index (κ2) is 10.7.